The number of para-hydroxylation sites is 1. The fourth-order valence-electron chi connectivity index (χ4n) is 1.44. The minimum absolute atomic E-state index is 0.0489. The average molecular weight is 203 g/mol. The first-order valence-electron chi connectivity index (χ1n) is 4.15. The van der Waals surface area contributed by atoms with Gasteiger partial charge < -0.3 is 10.1 Å². The monoisotopic (exact) mass is 203 g/mol. The molecule has 0 amide bonds. The third kappa shape index (κ3) is 1.38. The minimum atomic E-state index is -1.12. The molecule has 1 heterocycles. The number of hydrogen-bond acceptors (Lipinski definition) is 3. The van der Waals surface area contributed by atoms with E-state index in [4.69, 9.17) is 10.6 Å². The highest BCUT2D eigenvalue weighted by Gasteiger charge is 2.19. The molecule has 2 rings (SSSR count). The molecule has 0 saturated heterocycles. The van der Waals surface area contributed by atoms with Crippen LogP contribution in [0.3, 0.4) is 0 Å². The zero-order valence-electron chi connectivity index (χ0n) is 7.56. The van der Waals surface area contributed by atoms with Crippen LogP contribution in [-0.4, -0.2) is 16.1 Å². The summed E-state index contributed by atoms with van der Waals surface area (Å²) in [6, 6.07) is 7.02. The quantitative estimate of drug-likeness (QED) is 0.513. The Hall–Kier alpha value is -2.46. The van der Waals surface area contributed by atoms with Crippen molar-refractivity contribution in [2.75, 3.05) is 0 Å². The Morgan fingerprint density at radius 2 is 2.20 bits per heavy atom. The van der Waals surface area contributed by atoms with Crippen molar-refractivity contribution < 1.29 is 9.90 Å². The van der Waals surface area contributed by atoms with Gasteiger partial charge in [-0.1, -0.05) is 18.2 Å². The van der Waals surface area contributed by atoms with Crippen LogP contribution < -0.4 is 4.91 Å². The maximum Gasteiger partial charge on any atom is 0.354 e. The number of aromatic amines is 1. The number of carbonyl (C=O) groups is 1. The Labute approximate surface area is 83.8 Å². The first kappa shape index (κ1) is 9.11. The summed E-state index contributed by atoms with van der Waals surface area (Å²) >= 11 is 0. The van der Waals surface area contributed by atoms with Crippen LogP contribution in [0.1, 0.15) is 10.5 Å². The zero-order valence-corrected chi connectivity index (χ0v) is 7.56. The number of aromatic nitrogens is 1. The van der Waals surface area contributed by atoms with Crippen molar-refractivity contribution in [1.82, 2.24) is 9.90 Å². The van der Waals surface area contributed by atoms with E-state index in [1.807, 2.05) is 0 Å². The summed E-state index contributed by atoms with van der Waals surface area (Å²) in [4.78, 5) is 16.4. The third-order valence-corrected chi connectivity index (χ3v) is 2.04. The molecule has 1 aromatic carbocycles. The zero-order chi connectivity index (χ0) is 10.8. The van der Waals surface area contributed by atoms with Gasteiger partial charge in [0, 0.05) is 10.9 Å². The second-order valence-electron chi connectivity index (χ2n) is 2.90. The summed E-state index contributed by atoms with van der Waals surface area (Å²) in [5.74, 6) is -1.12. The molecule has 0 spiro atoms. The van der Waals surface area contributed by atoms with Crippen LogP contribution in [0.15, 0.2) is 29.4 Å². The maximum atomic E-state index is 10.9. The highest BCUT2D eigenvalue weighted by atomic mass is 16.4. The normalized spacial score (nSPS) is 9.87. The molecular weight excluding hydrogens is 196 g/mol. The predicted molar refractivity (Wildman–Crippen MR) is 52.2 cm³/mol. The molecule has 0 fully saturated rings. The van der Waals surface area contributed by atoms with Gasteiger partial charge in [-0.15, -0.1) is 0 Å². The molecule has 6 heteroatoms. The molecule has 0 aliphatic carbocycles. The van der Waals surface area contributed by atoms with Gasteiger partial charge in [0.25, 0.3) is 0 Å². The Kier molecular flexibility index (Phi) is 2.04. The Bertz CT molecular complexity index is 581. The number of nitrogens with one attached hydrogen (secondary N) is 2. The predicted octanol–water partition coefficient (Wildman–Crippen LogP) is 2.05. The van der Waals surface area contributed by atoms with Crippen LogP contribution in [0, 0.1) is 5.53 Å². The lowest BCUT2D eigenvalue weighted by atomic mass is 10.2. The molecule has 0 atom stereocenters. The molecule has 0 radical (unpaired) electrons. The van der Waals surface area contributed by atoms with Crippen LogP contribution in [-0.2, 0) is 0 Å². The van der Waals surface area contributed by atoms with Gasteiger partial charge in [-0.3, -0.25) is 0 Å². The number of nitrogens with zero attached hydrogens (tertiary/aromatic N) is 2. The van der Waals surface area contributed by atoms with E-state index in [9.17, 15) is 4.79 Å². The minimum Gasteiger partial charge on any atom is -0.477 e. The van der Waals surface area contributed by atoms with Crippen molar-refractivity contribution in [3.8, 4) is 0 Å². The molecule has 0 unspecified atom stereocenters. The van der Waals surface area contributed by atoms with E-state index in [0.717, 1.165) is 0 Å². The van der Waals surface area contributed by atoms with Crippen LogP contribution >= 0.6 is 0 Å². The lowest BCUT2D eigenvalue weighted by Gasteiger charge is -1.84. The highest BCUT2D eigenvalue weighted by Crippen LogP contribution is 2.29. The van der Waals surface area contributed by atoms with Crippen molar-refractivity contribution in [1.29, 1.82) is 5.53 Å². The van der Waals surface area contributed by atoms with Gasteiger partial charge in [0.1, 0.15) is 5.53 Å². The lowest BCUT2D eigenvalue weighted by molar-refractivity contribution is 0.0692. The third-order valence-electron chi connectivity index (χ3n) is 2.04. The molecule has 0 aliphatic rings. The molecule has 0 saturated carbocycles. The number of carboxylic acids is 1. The van der Waals surface area contributed by atoms with E-state index in [0.29, 0.717) is 10.9 Å². The number of hydrogen-bond donors (Lipinski definition) is 3. The Morgan fingerprint density at radius 3 is 2.87 bits per heavy atom. The number of benzene rings is 1. The van der Waals surface area contributed by atoms with Crippen molar-refractivity contribution >= 4 is 22.6 Å². The van der Waals surface area contributed by atoms with Crippen molar-refractivity contribution in [3.63, 3.8) is 0 Å². The molecule has 0 aliphatic heterocycles. The summed E-state index contributed by atoms with van der Waals surface area (Å²) in [5, 5.41) is 13.0. The first-order chi connectivity index (χ1) is 7.24. The van der Waals surface area contributed by atoms with Gasteiger partial charge in [-0.05, 0) is 6.07 Å². The standard InChI is InChI=1S/C9H6N4O2/c10-13-12-7-5-3-1-2-4-6(5)11-8(7)9(14)15/h1-4,10H,(H,14,15)/p+1. The lowest BCUT2D eigenvalue weighted by Crippen LogP contribution is -1.96. The van der Waals surface area contributed by atoms with E-state index in [1.54, 1.807) is 24.3 Å². The molecular formula is C9H7N4O2+. The van der Waals surface area contributed by atoms with E-state index in [-0.39, 0.29) is 11.4 Å². The average Bonchev–Trinajstić information content (AvgIpc) is 2.58. The van der Waals surface area contributed by atoms with Gasteiger partial charge in [0.2, 0.25) is 4.91 Å². The fraction of sp³-hybridized carbons (Fsp3) is 0. The Balaban J connectivity index is 2.85. The highest BCUT2D eigenvalue weighted by molar-refractivity contribution is 6.04. The fourth-order valence-corrected chi connectivity index (χ4v) is 1.44. The molecule has 0 bridgehead atoms. The van der Waals surface area contributed by atoms with Gasteiger partial charge in [0.05, 0.1) is 0 Å². The molecule has 74 valence electrons. The largest absolute Gasteiger partial charge is 0.477 e. The summed E-state index contributed by atoms with van der Waals surface area (Å²) in [6.45, 7) is 0. The topological polar surface area (TPSA) is 103 Å². The summed E-state index contributed by atoms with van der Waals surface area (Å²) in [7, 11) is 0. The summed E-state index contributed by atoms with van der Waals surface area (Å²) in [6.07, 6.45) is 0. The molecule has 3 N–H and O–H groups in total. The van der Waals surface area contributed by atoms with Crippen LogP contribution in [0.4, 0.5) is 5.69 Å². The van der Waals surface area contributed by atoms with Crippen LogP contribution in [0.2, 0.25) is 0 Å². The van der Waals surface area contributed by atoms with E-state index < -0.39 is 5.97 Å². The van der Waals surface area contributed by atoms with Crippen molar-refractivity contribution in [2.24, 2.45) is 5.11 Å². The van der Waals surface area contributed by atoms with Gasteiger partial charge >= 0.3 is 5.97 Å². The van der Waals surface area contributed by atoms with Crippen LogP contribution in [0.5, 0.6) is 0 Å². The molecule has 2 aromatic rings. The van der Waals surface area contributed by atoms with Gasteiger partial charge in [-0.2, -0.15) is 0 Å². The number of fused-ring (bicyclic) bond motifs is 1. The summed E-state index contributed by atoms with van der Waals surface area (Å²) in [5.41, 5.74) is 7.45. The number of rotatable bonds is 2. The van der Waals surface area contributed by atoms with Crippen LogP contribution in [0.25, 0.3) is 10.9 Å². The van der Waals surface area contributed by atoms with E-state index in [1.165, 1.54) is 0 Å². The summed E-state index contributed by atoms with van der Waals surface area (Å²) < 4.78 is 0. The molecule has 6 nitrogen and oxygen atoms in total. The number of aromatic carboxylic acids is 1. The number of H-pyrrole nitrogens is 1. The number of carboxylic acid groups (broad SMARTS) is 1. The smallest absolute Gasteiger partial charge is 0.354 e. The molecule has 1 aromatic heterocycles. The van der Waals surface area contributed by atoms with Gasteiger partial charge in [-0.25, -0.2) is 4.79 Å². The van der Waals surface area contributed by atoms with Crippen molar-refractivity contribution in [3.05, 3.63) is 30.0 Å². The SMILES string of the molecule is N=[N+]=Nc1c(C(=O)O)[nH]c2ccccc12. The first-order valence-corrected chi connectivity index (χ1v) is 4.15. The second kappa shape index (κ2) is 3.36. The second-order valence-corrected chi connectivity index (χ2v) is 2.90. The van der Waals surface area contributed by atoms with Crippen molar-refractivity contribution in [2.45, 2.75) is 0 Å². The van der Waals surface area contributed by atoms with E-state index in [2.05, 4.69) is 15.0 Å². The maximum absolute atomic E-state index is 10.9. The van der Waals surface area contributed by atoms with E-state index >= 15 is 0 Å². The van der Waals surface area contributed by atoms with Gasteiger partial charge in [0.15, 0.2) is 16.5 Å². The Morgan fingerprint density at radius 1 is 1.47 bits per heavy atom. The molecule has 15 heavy (non-hydrogen) atoms.